The van der Waals surface area contributed by atoms with E-state index >= 15 is 0 Å². The Morgan fingerprint density at radius 2 is 1.88 bits per heavy atom. The zero-order valence-corrected chi connectivity index (χ0v) is 20.8. The first-order valence-electron chi connectivity index (χ1n) is 10.3. The fourth-order valence-corrected chi connectivity index (χ4v) is 5.24. The van der Waals surface area contributed by atoms with Crippen molar-refractivity contribution in [1.29, 1.82) is 0 Å². The zero-order chi connectivity index (χ0) is 25.2. The van der Waals surface area contributed by atoms with Crippen LogP contribution in [-0.4, -0.2) is 71.9 Å². The van der Waals surface area contributed by atoms with Gasteiger partial charge in [-0.1, -0.05) is 25.6 Å². The normalized spacial score (nSPS) is 22.7. The zero-order valence-electron chi connectivity index (χ0n) is 19.1. The molecule has 0 radical (unpaired) electrons. The maximum atomic E-state index is 12.5. The maximum Gasteiger partial charge on any atom is 0.475 e. The number of nitrogens with one attached hydrogen (secondary N) is 2. The van der Waals surface area contributed by atoms with Gasteiger partial charge < -0.3 is 15.7 Å². The average molecular weight is 511 g/mol. The van der Waals surface area contributed by atoms with Gasteiger partial charge in [-0.15, -0.1) is 0 Å². The SMILES string of the molecule is CCOP1(=O)OCC(C)(C)[C@H](C(=O)NCCC(=O)NCCSC(=O)C(CC(=O)O)C(C)=O)O1. The third-order valence-electron chi connectivity index (χ3n) is 4.54. The van der Waals surface area contributed by atoms with Crippen molar-refractivity contribution < 1.29 is 47.2 Å². The first kappa shape index (κ1) is 29.2. The molecule has 3 atom stereocenters. The van der Waals surface area contributed by atoms with Crippen LogP contribution in [0.3, 0.4) is 0 Å². The van der Waals surface area contributed by atoms with E-state index in [1.54, 1.807) is 20.8 Å². The molecule has 0 aromatic carbocycles. The van der Waals surface area contributed by atoms with Crippen LogP contribution >= 0.6 is 19.6 Å². The molecular formula is C19H31N2O10PS. The molecule has 188 valence electrons. The number of amides is 2. The van der Waals surface area contributed by atoms with Gasteiger partial charge in [0.05, 0.1) is 25.6 Å². The van der Waals surface area contributed by atoms with Crippen LogP contribution in [-0.2, 0) is 42.1 Å². The molecule has 0 aromatic heterocycles. The van der Waals surface area contributed by atoms with Crippen LogP contribution in [0.5, 0.6) is 0 Å². The Hall–Kier alpha value is -1.79. The second kappa shape index (κ2) is 13.2. The highest BCUT2D eigenvalue weighted by Crippen LogP contribution is 2.57. The molecule has 33 heavy (non-hydrogen) atoms. The summed E-state index contributed by atoms with van der Waals surface area (Å²) in [4.78, 5) is 58.6. The quantitative estimate of drug-likeness (QED) is 0.184. The minimum absolute atomic E-state index is 0.00248. The summed E-state index contributed by atoms with van der Waals surface area (Å²) >= 11 is 0.774. The van der Waals surface area contributed by atoms with Crippen molar-refractivity contribution in [3.63, 3.8) is 0 Å². The van der Waals surface area contributed by atoms with E-state index < -0.39 is 54.5 Å². The summed E-state index contributed by atoms with van der Waals surface area (Å²) in [5.74, 6) is -3.75. The summed E-state index contributed by atoms with van der Waals surface area (Å²) in [7, 11) is -3.83. The van der Waals surface area contributed by atoms with Crippen molar-refractivity contribution in [2.24, 2.45) is 11.3 Å². The molecule has 1 heterocycles. The topological polar surface area (TPSA) is 174 Å². The van der Waals surface area contributed by atoms with Crippen molar-refractivity contribution in [3.05, 3.63) is 0 Å². The lowest BCUT2D eigenvalue weighted by Crippen LogP contribution is -2.50. The summed E-state index contributed by atoms with van der Waals surface area (Å²) in [6.07, 6.45) is -1.71. The monoisotopic (exact) mass is 510 g/mol. The van der Waals surface area contributed by atoms with Gasteiger partial charge in [-0.25, -0.2) is 4.57 Å². The number of hydrogen-bond donors (Lipinski definition) is 3. The Kier molecular flexibility index (Phi) is 11.7. The molecule has 1 aliphatic rings. The molecule has 1 fully saturated rings. The number of aliphatic carboxylic acids is 1. The molecule has 1 saturated heterocycles. The van der Waals surface area contributed by atoms with Crippen LogP contribution in [0.25, 0.3) is 0 Å². The molecule has 0 saturated carbocycles. The largest absolute Gasteiger partial charge is 0.481 e. The van der Waals surface area contributed by atoms with Crippen LogP contribution in [0.4, 0.5) is 0 Å². The van der Waals surface area contributed by atoms with E-state index in [9.17, 15) is 28.5 Å². The predicted octanol–water partition coefficient (Wildman–Crippen LogP) is 1.13. The van der Waals surface area contributed by atoms with Crippen LogP contribution in [0.1, 0.15) is 40.5 Å². The number of carbonyl (C=O) groups excluding carboxylic acids is 4. The number of phosphoric ester groups is 1. The molecule has 2 amide bonds. The van der Waals surface area contributed by atoms with Crippen LogP contribution in [0.15, 0.2) is 0 Å². The fourth-order valence-electron chi connectivity index (χ4n) is 2.74. The smallest absolute Gasteiger partial charge is 0.475 e. The molecule has 1 aliphatic heterocycles. The van der Waals surface area contributed by atoms with Gasteiger partial charge in [0.15, 0.2) is 11.2 Å². The van der Waals surface area contributed by atoms with Crippen molar-refractivity contribution in [1.82, 2.24) is 10.6 Å². The lowest BCUT2D eigenvalue weighted by molar-refractivity contribution is -0.142. The molecule has 0 bridgehead atoms. The molecule has 12 nitrogen and oxygen atoms in total. The molecule has 0 aromatic rings. The standard InChI is InChI=1S/C19H31N2O10PS/c1-5-29-32(28)30-11-19(3,4)16(31-32)17(26)21-7-6-14(23)20-8-9-33-18(27)13(12(2)22)10-15(24)25/h13,16H,5-11H2,1-4H3,(H,20,23)(H,21,26)(H,24,25)/t13?,16-,32?/m0/s1. The summed E-state index contributed by atoms with van der Waals surface area (Å²) in [5, 5.41) is 13.3. The molecular weight excluding hydrogens is 479 g/mol. The van der Waals surface area contributed by atoms with E-state index in [1.807, 2.05) is 0 Å². The number of carbonyl (C=O) groups is 5. The van der Waals surface area contributed by atoms with E-state index in [4.69, 9.17) is 18.7 Å². The number of carboxylic acids is 1. The number of thioether (sulfide) groups is 1. The molecule has 1 rings (SSSR count). The summed E-state index contributed by atoms with van der Waals surface area (Å²) in [5.41, 5.74) is -0.764. The molecule has 0 aliphatic carbocycles. The maximum absolute atomic E-state index is 12.5. The Balaban J connectivity index is 2.38. The van der Waals surface area contributed by atoms with Gasteiger partial charge in [0, 0.05) is 30.7 Å². The highest BCUT2D eigenvalue weighted by Gasteiger charge is 2.48. The van der Waals surface area contributed by atoms with Crippen molar-refractivity contribution in [3.8, 4) is 0 Å². The molecule has 2 unspecified atom stereocenters. The lowest BCUT2D eigenvalue weighted by atomic mass is 9.87. The van der Waals surface area contributed by atoms with Gasteiger partial charge in [0.2, 0.25) is 11.8 Å². The van der Waals surface area contributed by atoms with E-state index in [0.717, 1.165) is 18.7 Å². The number of hydrogen-bond acceptors (Lipinski definition) is 10. The van der Waals surface area contributed by atoms with Crippen molar-refractivity contribution in [2.75, 3.05) is 32.1 Å². The Morgan fingerprint density at radius 1 is 1.21 bits per heavy atom. The summed E-state index contributed by atoms with van der Waals surface area (Å²) in [6, 6.07) is 0. The number of ketones is 1. The lowest BCUT2D eigenvalue weighted by Gasteiger charge is -2.39. The summed E-state index contributed by atoms with van der Waals surface area (Å²) in [6.45, 7) is 6.40. The van der Waals surface area contributed by atoms with E-state index in [2.05, 4.69) is 10.6 Å². The van der Waals surface area contributed by atoms with Gasteiger partial charge in [0.1, 0.15) is 5.78 Å². The highest BCUT2D eigenvalue weighted by molar-refractivity contribution is 8.13. The highest BCUT2D eigenvalue weighted by atomic mass is 32.2. The first-order valence-corrected chi connectivity index (χ1v) is 12.8. The number of Topliss-reactive ketones (excluding diaryl/α,β-unsaturated/α-hetero) is 1. The number of carboxylic acid groups (broad SMARTS) is 1. The van der Waals surface area contributed by atoms with Gasteiger partial charge in [-0.05, 0) is 13.8 Å². The first-order chi connectivity index (χ1) is 15.3. The third-order valence-corrected chi connectivity index (χ3v) is 7.00. The molecule has 0 spiro atoms. The van der Waals surface area contributed by atoms with E-state index in [1.165, 1.54) is 0 Å². The Labute approximate surface area is 196 Å². The Bertz CT molecular complexity index is 803. The number of rotatable bonds is 13. The molecule has 14 heteroatoms. The predicted molar refractivity (Wildman–Crippen MR) is 118 cm³/mol. The van der Waals surface area contributed by atoms with Gasteiger partial charge >= 0.3 is 13.8 Å². The third kappa shape index (κ3) is 9.93. The molecule has 3 N–H and O–H groups in total. The minimum Gasteiger partial charge on any atom is -0.481 e. The van der Waals surface area contributed by atoms with Crippen LogP contribution in [0.2, 0.25) is 0 Å². The van der Waals surface area contributed by atoms with Crippen molar-refractivity contribution in [2.45, 2.75) is 46.6 Å². The summed E-state index contributed by atoms with van der Waals surface area (Å²) < 4.78 is 27.8. The van der Waals surface area contributed by atoms with Gasteiger partial charge in [-0.3, -0.25) is 37.5 Å². The van der Waals surface area contributed by atoms with Gasteiger partial charge in [-0.2, -0.15) is 0 Å². The minimum atomic E-state index is -3.83. The van der Waals surface area contributed by atoms with Crippen LogP contribution < -0.4 is 10.6 Å². The van der Waals surface area contributed by atoms with Crippen LogP contribution in [0, 0.1) is 11.3 Å². The second-order valence-electron chi connectivity index (χ2n) is 7.93. The Morgan fingerprint density at radius 3 is 2.45 bits per heavy atom. The van der Waals surface area contributed by atoms with E-state index in [-0.39, 0.29) is 44.4 Å². The average Bonchev–Trinajstić information content (AvgIpc) is 2.71. The second-order valence-corrected chi connectivity index (χ2v) is 10.7. The van der Waals surface area contributed by atoms with Gasteiger partial charge in [0.25, 0.3) is 0 Å². The van der Waals surface area contributed by atoms with Crippen molar-refractivity contribution >= 4 is 48.3 Å². The number of phosphoric acid groups is 1. The van der Waals surface area contributed by atoms with E-state index in [0.29, 0.717) is 0 Å². The fraction of sp³-hybridized carbons (Fsp3) is 0.737.